The number of aldehydes is 1. The largest absolute Gasteiger partial charge is 0.383 e. The summed E-state index contributed by atoms with van der Waals surface area (Å²) >= 11 is 0. The summed E-state index contributed by atoms with van der Waals surface area (Å²) in [5.41, 5.74) is 1.03. The Labute approximate surface area is 106 Å². The fourth-order valence-corrected chi connectivity index (χ4v) is 1.66. The average molecular weight is 255 g/mol. The van der Waals surface area contributed by atoms with Crippen molar-refractivity contribution in [3.05, 3.63) is 29.6 Å². The van der Waals surface area contributed by atoms with Crippen LogP contribution in [-0.2, 0) is 9.47 Å². The van der Waals surface area contributed by atoms with Gasteiger partial charge in [0.05, 0.1) is 13.2 Å². The molecule has 100 valence electrons. The molecule has 1 aromatic carbocycles. The predicted molar refractivity (Wildman–Crippen MR) is 67.8 cm³/mol. The molecule has 0 heterocycles. The summed E-state index contributed by atoms with van der Waals surface area (Å²) < 4.78 is 23.1. The van der Waals surface area contributed by atoms with E-state index >= 15 is 0 Å². The second-order valence-corrected chi connectivity index (χ2v) is 3.79. The Balaban J connectivity index is 2.91. The lowest BCUT2D eigenvalue weighted by Gasteiger charge is -2.25. The highest BCUT2D eigenvalue weighted by Crippen LogP contribution is 2.20. The van der Waals surface area contributed by atoms with E-state index in [2.05, 4.69) is 0 Å². The molecule has 0 bridgehead atoms. The van der Waals surface area contributed by atoms with Gasteiger partial charge >= 0.3 is 0 Å². The van der Waals surface area contributed by atoms with Crippen LogP contribution in [0.1, 0.15) is 10.4 Å². The van der Waals surface area contributed by atoms with Crippen molar-refractivity contribution in [3.8, 4) is 0 Å². The van der Waals surface area contributed by atoms with Gasteiger partial charge in [0.1, 0.15) is 5.82 Å². The number of carbonyl (C=O) groups is 1. The van der Waals surface area contributed by atoms with Gasteiger partial charge in [-0.1, -0.05) is 0 Å². The van der Waals surface area contributed by atoms with E-state index in [0.29, 0.717) is 43.8 Å². The quantitative estimate of drug-likeness (QED) is 0.663. The van der Waals surface area contributed by atoms with E-state index in [1.54, 1.807) is 20.3 Å². The number of hydrogen-bond acceptors (Lipinski definition) is 4. The zero-order chi connectivity index (χ0) is 13.4. The standard InChI is InChI=1S/C13H18FNO3/c1-17-7-5-15(6-8-18-2)13-4-3-12(14)9-11(13)10-16/h3-4,9-10H,5-8H2,1-2H3. The Morgan fingerprint density at radius 3 is 2.33 bits per heavy atom. The molecule has 1 rings (SSSR count). The molecular formula is C13H18FNO3. The molecule has 18 heavy (non-hydrogen) atoms. The normalized spacial score (nSPS) is 10.4. The van der Waals surface area contributed by atoms with Gasteiger partial charge in [0.25, 0.3) is 0 Å². The van der Waals surface area contributed by atoms with E-state index in [4.69, 9.17) is 9.47 Å². The lowest BCUT2D eigenvalue weighted by atomic mass is 10.1. The molecule has 0 fully saturated rings. The number of benzene rings is 1. The highest BCUT2D eigenvalue weighted by Gasteiger charge is 2.11. The van der Waals surface area contributed by atoms with E-state index in [-0.39, 0.29) is 0 Å². The minimum atomic E-state index is -0.417. The molecule has 0 aliphatic rings. The maximum absolute atomic E-state index is 13.1. The minimum absolute atomic E-state index is 0.335. The number of carbonyl (C=O) groups excluding carboxylic acids is 1. The van der Waals surface area contributed by atoms with Crippen LogP contribution in [0.15, 0.2) is 18.2 Å². The van der Waals surface area contributed by atoms with E-state index < -0.39 is 5.82 Å². The van der Waals surface area contributed by atoms with Crippen molar-refractivity contribution in [3.63, 3.8) is 0 Å². The summed E-state index contributed by atoms with van der Waals surface area (Å²) in [5.74, 6) is -0.417. The van der Waals surface area contributed by atoms with E-state index in [9.17, 15) is 9.18 Å². The Morgan fingerprint density at radius 1 is 1.22 bits per heavy atom. The molecular weight excluding hydrogens is 237 g/mol. The Bertz CT molecular complexity index is 376. The van der Waals surface area contributed by atoms with Crippen molar-refractivity contribution >= 4 is 12.0 Å². The third kappa shape index (κ3) is 4.09. The molecule has 5 heteroatoms. The number of ether oxygens (including phenoxy) is 2. The average Bonchev–Trinajstić information content (AvgIpc) is 2.39. The molecule has 0 N–H and O–H groups in total. The molecule has 0 saturated carbocycles. The maximum Gasteiger partial charge on any atom is 0.152 e. The number of anilines is 1. The first-order valence-electron chi connectivity index (χ1n) is 5.70. The molecule has 0 spiro atoms. The summed E-state index contributed by atoms with van der Waals surface area (Å²) in [4.78, 5) is 12.9. The summed E-state index contributed by atoms with van der Waals surface area (Å²) in [6.45, 7) is 2.29. The predicted octanol–water partition coefficient (Wildman–Crippen LogP) is 1.74. The first kappa shape index (κ1) is 14.6. The van der Waals surface area contributed by atoms with Crippen LogP contribution in [0.5, 0.6) is 0 Å². The molecule has 4 nitrogen and oxygen atoms in total. The minimum Gasteiger partial charge on any atom is -0.383 e. The van der Waals surface area contributed by atoms with Crippen molar-refractivity contribution < 1.29 is 18.7 Å². The Morgan fingerprint density at radius 2 is 1.83 bits per heavy atom. The second-order valence-electron chi connectivity index (χ2n) is 3.79. The second kappa shape index (κ2) is 7.79. The number of hydrogen-bond donors (Lipinski definition) is 0. The highest BCUT2D eigenvalue weighted by molar-refractivity contribution is 5.84. The van der Waals surface area contributed by atoms with Gasteiger partial charge in [-0.2, -0.15) is 0 Å². The SMILES string of the molecule is COCCN(CCOC)c1ccc(F)cc1C=O. The van der Waals surface area contributed by atoms with Crippen LogP contribution in [-0.4, -0.2) is 46.8 Å². The zero-order valence-electron chi connectivity index (χ0n) is 10.7. The van der Waals surface area contributed by atoms with E-state index in [1.165, 1.54) is 12.1 Å². The number of halogens is 1. The van der Waals surface area contributed by atoms with Gasteiger partial charge in [-0.15, -0.1) is 0 Å². The molecule has 0 unspecified atom stereocenters. The summed E-state index contributed by atoms with van der Waals surface area (Å²) in [7, 11) is 3.22. The molecule has 0 atom stereocenters. The third-order valence-electron chi connectivity index (χ3n) is 2.59. The molecule has 1 aromatic rings. The molecule has 0 aromatic heterocycles. The topological polar surface area (TPSA) is 38.8 Å². The smallest absolute Gasteiger partial charge is 0.152 e. The van der Waals surface area contributed by atoms with Gasteiger partial charge in [-0.05, 0) is 18.2 Å². The molecule has 0 radical (unpaired) electrons. The third-order valence-corrected chi connectivity index (χ3v) is 2.59. The van der Waals surface area contributed by atoms with Gasteiger partial charge in [-0.25, -0.2) is 4.39 Å². The van der Waals surface area contributed by atoms with Crippen LogP contribution in [0.2, 0.25) is 0 Å². The van der Waals surface area contributed by atoms with E-state index in [1.807, 2.05) is 4.90 Å². The van der Waals surface area contributed by atoms with Crippen molar-refractivity contribution in [2.24, 2.45) is 0 Å². The van der Waals surface area contributed by atoms with Gasteiger partial charge in [0.15, 0.2) is 6.29 Å². The fraction of sp³-hybridized carbons (Fsp3) is 0.462. The van der Waals surface area contributed by atoms with Gasteiger partial charge < -0.3 is 14.4 Å². The highest BCUT2D eigenvalue weighted by atomic mass is 19.1. The number of rotatable bonds is 8. The first-order chi connectivity index (χ1) is 8.72. The summed E-state index contributed by atoms with van der Waals surface area (Å²) in [6, 6.07) is 4.17. The van der Waals surface area contributed by atoms with Crippen LogP contribution in [0.4, 0.5) is 10.1 Å². The van der Waals surface area contributed by atoms with Crippen molar-refractivity contribution in [1.82, 2.24) is 0 Å². The van der Waals surface area contributed by atoms with Crippen molar-refractivity contribution in [2.75, 3.05) is 45.4 Å². The van der Waals surface area contributed by atoms with Gasteiger partial charge in [0.2, 0.25) is 0 Å². The van der Waals surface area contributed by atoms with Gasteiger partial charge in [-0.3, -0.25) is 4.79 Å². The molecule has 0 aliphatic heterocycles. The lowest BCUT2D eigenvalue weighted by molar-refractivity contribution is 0.112. The van der Waals surface area contributed by atoms with Crippen LogP contribution < -0.4 is 4.90 Å². The maximum atomic E-state index is 13.1. The van der Waals surface area contributed by atoms with Crippen molar-refractivity contribution in [1.29, 1.82) is 0 Å². The fourth-order valence-electron chi connectivity index (χ4n) is 1.66. The zero-order valence-corrected chi connectivity index (χ0v) is 10.7. The van der Waals surface area contributed by atoms with Crippen LogP contribution in [0, 0.1) is 5.82 Å². The van der Waals surface area contributed by atoms with Crippen LogP contribution in [0.25, 0.3) is 0 Å². The first-order valence-corrected chi connectivity index (χ1v) is 5.70. The van der Waals surface area contributed by atoms with E-state index in [0.717, 1.165) is 0 Å². The number of methoxy groups -OCH3 is 2. The van der Waals surface area contributed by atoms with Crippen LogP contribution >= 0.6 is 0 Å². The van der Waals surface area contributed by atoms with Gasteiger partial charge in [0, 0.05) is 38.6 Å². The number of nitrogens with zero attached hydrogens (tertiary/aromatic N) is 1. The molecule has 0 aliphatic carbocycles. The van der Waals surface area contributed by atoms with Crippen molar-refractivity contribution in [2.45, 2.75) is 0 Å². The molecule has 0 saturated heterocycles. The summed E-state index contributed by atoms with van der Waals surface area (Å²) in [5, 5.41) is 0. The monoisotopic (exact) mass is 255 g/mol. The molecule has 0 amide bonds. The lowest BCUT2D eigenvalue weighted by Crippen LogP contribution is -2.31. The summed E-state index contributed by atoms with van der Waals surface area (Å²) in [6.07, 6.45) is 0.658. The Hall–Kier alpha value is -1.46. The van der Waals surface area contributed by atoms with Crippen LogP contribution in [0.3, 0.4) is 0 Å². The Kier molecular flexibility index (Phi) is 6.32.